The van der Waals surface area contributed by atoms with Gasteiger partial charge in [0.15, 0.2) is 0 Å². The van der Waals surface area contributed by atoms with E-state index in [0.29, 0.717) is 6.04 Å². The first kappa shape index (κ1) is 14.3. The van der Waals surface area contributed by atoms with Crippen molar-refractivity contribution in [1.82, 2.24) is 0 Å². The van der Waals surface area contributed by atoms with Gasteiger partial charge < -0.3 is 10.6 Å². The van der Waals surface area contributed by atoms with Gasteiger partial charge in [-0.25, -0.2) is 4.39 Å². The first-order valence-electron chi connectivity index (χ1n) is 7.45. The summed E-state index contributed by atoms with van der Waals surface area (Å²) in [6, 6.07) is 5.59. The van der Waals surface area contributed by atoms with Crippen LogP contribution >= 0.6 is 0 Å². The average molecular weight is 264 g/mol. The highest BCUT2D eigenvalue weighted by Crippen LogP contribution is 2.33. The summed E-state index contributed by atoms with van der Waals surface area (Å²) >= 11 is 0. The van der Waals surface area contributed by atoms with Gasteiger partial charge in [-0.05, 0) is 38.3 Å². The van der Waals surface area contributed by atoms with E-state index in [4.69, 9.17) is 5.73 Å². The maximum atomic E-state index is 14.3. The molecule has 1 atom stereocenters. The molecular weight excluding hydrogens is 239 g/mol. The normalized spacial score (nSPS) is 18.3. The number of nitrogens with zero attached hydrogens (tertiary/aromatic N) is 1. The number of halogens is 1. The van der Waals surface area contributed by atoms with E-state index in [1.165, 1.54) is 32.1 Å². The van der Waals surface area contributed by atoms with Gasteiger partial charge in [-0.15, -0.1) is 0 Å². The van der Waals surface area contributed by atoms with Crippen LogP contribution in [0.5, 0.6) is 0 Å². The molecule has 3 heteroatoms. The lowest BCUT2D eigenvalue weighted by atomic mass is 9.92. The Kier molecular flexibility index (Phi) is 4.81. The van der Waals surface area contributed by atoms with Crippen LogP contribution < -0.4 is 10.6 Å². The first-order valence-corrected chi connectivity index (χ1v) is 7.45. The van der Waals surface area contributed by atoms with E-state index in [-0.39, 0.29) is 11.9 Å². The second-order valence-corrected chi connectivity index (χ2v) is 5.54. The van der Waals surface area contributed by atoms with Gasteiger partial charge in [-0.3, -0.25) is 0 Å². The Hall–Kier alpha value is -1.09. The highest BCUT2D eigenvalue weighted by molar-refractivity contribution is 5.57. The lowest BCUT2D eigenvalue weighted by Gasteiger charge is -2.37. The van der Waals surface area contributed by atoms with Crippen LogP contribution in [0.2, 0.25) is 0 Å². The maximum absolute atomic E-state index is 14.3. The Morgan fingerprint density at radius 1 is 1.32 bits per heavy atom. The minimum Gasteiger partial charge on any atom is -0.366 e. The summed E-state index contributed by atoms with van der Waals surface area (Å²) in [6.07, 6.45) is 6.15. The highest BCUT2D eigenvalue weighted by Gasteiger charge is 2.25. The minimum absolute atomic E-state index is 0.136. The number of hydrogen-bond donors (Lipinski definition) is 1. The van der Waals surface area contributed by atoms with Gasteiger partial charge in [-0.1, -0.05) is 31.4 Å². The summed E-state index contributed by atoms with van der Waals surface area (Å²) in [5.41, 5.74) is 7.66. The van der Waals surface area contributed by atoms with E-state index in [1.807, 2.05) is 13.0 Å². The average Bonchev–Trinajstić information content (AvgIpc) is 2.42. The summed E-state index contributed by atoms with van der Waals surface area (Å²) in [6.45, 7) is 4.87. The van der Waals surface area contributed by atoms with E-state index in [9.17, 15) is 4.39 Å². The van der Waals surface area contributed by atoms with Crippen LogP contribution in [0.15, 0.2) is 18.2 Å². The number of benzene rings is 1. The SMILES string of the molecule is CCN(c1c(F)cccc1[C@H](C)N)C1CCCCC1. The number of anilines is 1. The Morgan fingerprint density at radius 3 is 2.58 bits per heavy atom. The van der Waals surface area contributed by atoms with Crippen molar-refractivity contribution < 1.29 is 4.39 Å². The molecule has 1 aromatic carbocycles. The standard InChI is InChI=1S/C16H25FN2/c1-3-19(13-8-5-4-6-9-13)16-14(12(2)18)10-7-11-15(16)17/h7,10-13H,3-6,8-9,18H2,1-2H3/t12-/m0/s1. The molecule has 0 radical (unpaired) electrons. The first-order chi connectivity index (χ1) is 9.15. The second-order valence-electron chi connectivity index (χ2n) is 5.54. The van der Waals surface area contributed by atoms with Crippen molar-refractivity contribution in [2.45, 2.75) is 58.0 Å². The number of para-hydroxylation sites is 1. The zero-order valence-corrected chi connectivity index (χ0v) is 12.0. The third-order valence-corrected chi connectivity index (χ3v) is 4.15. The Balaban J connectivity index is 2.36. The number of rotatable bonds is 4. The Morgan fingerprint density at radius 2 is 2.00 bits per heavy atom. The third kappa shape index (κ3) is 3.08. The Bertz CT molecular complexity index is 411. The minimum atomic E-state index is -0.137. The molecule has 0 amide bonds. The molecule has 2 rings (SSSR count). The van der Waals surface area contributed by atoms with Crippen molar-refractivity contribution in [3.63, 3.8) is 0 Å². The maximum Gasteiger partial charge on any atom is 0.146 e. The van der Waals surface area contributed by atoms with E-state index < -0.39 is 0 Å². The topological polar surface area (TPSA) is 29.3 Å². The fourth-order valence-corrected chi connectivity index (χ4v) is 3.19. The van der Waals surface area contributed by atoms with Crippen LogP contribution in [0.1, 0.15) is 57.6 Å². The van der Waals surface area contributed by atoms with Gasteiger partial charge in [0.1, 0.15) is 5.82 Å². The van der Waals surface area contributed by atoms with Crippen molar-refractivity contribution in [1.29, 1.82) is 0 Å². The molecule has 0 bridgehead atoms. The molecule has 2 nitrogen and oxygen atoms in total. The fraction of sp³-hybridized carbons (Fsp3) is 0.625. The van der Waals surface area contributed by atoms with E-state index >= 15 is 0 Å². The molecule has 1 fully saturated rings. The fourth-order valence-electron chi connectivity index (χ4n) is 3.19. The number of hydrogen-bond acceptors (Lipinski definition) is 2. The zero-order chi connectivity index (χ0) is 13.8. The molecule has 19 heavy (non-hydrogen) atoms. The molecule has 0 unspecified atom stereocenters. The zero-order valence-electron chi connectivity index (χ0n) is 12.0. The van der Waals surface area contributed by atoms with Gasteiger partial charge in [-0.2, -0.15) is 0 Å². The van der Waals surface area contributed by atoms with Crippen molar-refractivity contribution in [3.8, 4) is 0 Å². The monoisotopic (exact) mass is 264 g/mol. The summed E-state index contributed by atoms with van der Waals surface area (Å²) in [5.74, 6) is -0.137. The largest absolute Gasteiger partial charge is 0.366 e. The Labute approximate surface area is 115 Å². The van der Waals surface area contributed by atoms with E-state index in [1.54, 1.807) is 12.1 Å². The summed E-state index contributed by atoms with van der Waals surface area (Å²) in [5, 5.41) is 0. The van der Waals surface area contributed by atoms with E-state index in [0.717, 1.165) is 17.8 Å². The molecule has 0 aliphatic heterocycles. The van der Waals surface area contributed by atoms with Crippen molar-refractivity contribution in [2.24, 2.45) is 5.73 Å². The molecule has 1 aliphatic rings. The molecule has 1 aromatic rings. The van der Waals surface area contributed by atoms with Gasteiger partial charge in [0.2, 0.25) is 0 Å². The molecule has 0 spiro atoms. The second kappa shape index (κ2) is 6.38. The van der Waals surface area contributed by atoms with Gasteiger partial charge in [0, 0.05) is 18.6 Å². The quantitative estimate of drug-likeness (QED) is 0.890. The summed E-state index contributed by atoms with van der Waals surface area (Å²) in [4.78, 5) is 2.23. The van der Waals surface area contributed by atoms with Crippen LogP contribution in [0.3, 0.4) is 0 Å². The number of nitrogens with two attached hydrogens (primary N) is 1. The summed E-state index contributed by atoms with van der Waals surface area (Å²) < 4.78 is 14.3. The predicted molar refractivity (Wildman–Crippen MR) is 78.9 cm³/mol. The molecule has 106 valence electrons. The molecule has 1 aliphatic carbocycles. The molecule has 0 saturated heterocycles. The molecule has 2 N–H and O–H groups in total. The van der Waals surface area contributed by atoms with Crippen LogP contribution in [-0.4, -0.2) is 12.6 Å². The van der Waals surface area contributed by atoms with Crippen molar-refractivity contribution in [2.75, 3.05) is 11.4 Å². The van der Waals surface area contributed by atoms with Crippen molar-refractivity contribution in [3.05, 3.63) is 29.6 Å². The smallest absolute Gasteiger partial charge is 0.146 e. The predicted octanol–water partition coefficient (Wildman–Crippen LogP) is 4.00. The van der Waals surface area contributed by atoms with Crippen molar-refractivity contribution >= 4 is 5.69 Å². The molecule has 0 aromatic heterocycles. The molecular formula is C16H25FN2. The van der Waals surface area contributed by atoms with Crippen LogP contribution in [-0.2, 0) is 0 Å². The summed E-state index contributed by atoms with van der Waals surface area (Å²) in [7, 11) is 0. The molecule has 0 heterocycles. The molecule has 1 saturated carbocycles. The van der Waals surface area contributed by atoms with Crippen LogP contribution in [0, 0.1) is 5.82 Å². The lowest BCUT2D eigenvalue weighted by molar-refractivity contribution is 0.413. The highest BCUT2D eigenvalue weighted by atomic mass is 19.1. The lowest BCUT2D eigenvalue weighted by Crippen LogP contribution is -2.38. The van der Waals surface area contributed by atoms with Crippen LogP contribution in [0.4, 0.5) is 10.1 Å². The van der Waals surface area contributed by atoms with Gasteiger partial charge >= 0.3 is 0 Å². The third-order valence-electron chi connectivity index (χ3n) is 4.15. The van der Waals surface area contributed by atoms with Gasteiger partial charge in [0.25, 0.3) is 0 Å². The van der Waals surface area contributed by atoms with Gasteiger partial charge in [0.05, 0.1) is 5.69 Å². The van der Waals surface area contributed by atoms with E-state index in [2.05, 4.69) is 11.8 Å². The van der Waals surface area contributed by atoms with Crippen LogP contribution in [0.25, 0.3) is 0 Å².